The maximum absolute atomic E-state index is 5.55. The molecule has 4 heteroatoms. The van der Waals surface area contributed by atoms with Crippen LogP contribution in [0.15, 0.2) is 24.0 Å². The third kappa shape index (κ3) is 2.94. The minimum Gasteiger partial charge on any atom is -0.384 e. The molecule has 0 saturated carbocycles. The summed E-state index contributed by atoms with van der Waals surface area (Å²) in [5, 5.41) is 3.24. The van der Waals surface area contributed by atoms with Crippen molar-refractivity contribution in [2.24, 2.45) is 0 Å². The van der Waals surface area contributed by atoms with Crippen LogP contribution < -0.4 is 11.1 Å². The molecule has 0 fully saturated rings. The number of rotatable bonds is 4. The van der Waals surface area contributed by atoms with Gasteiger partial charge in [-0.1, -0.05) is 11.6 Å². The molecule has 1 heterocycles. The lowest BCUT2D eigenvalue weighted by molar-refractivity contribution is 0.861. The highest BCUT2D eigenvalue weighted by atomic mass is 15.0. The summed E-state index contributed by atoms with van der Waals surface area (Å²) in [6.45, 7) is 0.919. The quantitative estimate of drug-likeness (QED) is 0.736. The van der Waals surface area contributed by atoms with Crippen molar-refractivity contribution in [1.29, 1.82) is 0 Å². The van der Waals surface area contributed by atoms with Gasteiger partial charge in [0.2, 0.25) is 0 Å². The number of allylic oxidation sites excluding steroid dienone is 1. The van der Waals surface area contributed by atoms with E-state index in [2.05, 4.69) is 21.4 Å². The number of nitrogens with zero attached hydrogens (tertiary/aromatic N) is 2. The molecule has 0 aliphatic heterocycles. The molecule has 3 N–H and O–H groups in total. The minimum atomic E-state index is 0.507. The van der Waals surface area contributed by atoms with E-state index < -0.39 is 0 Å². The highest BCUT2D eigenvalue weighted by molar-refractivity contribution is 5.43. The van der Waals surface area contributed by atoms with Gasteiger partial charge >= 0.3 is 0 Å². The maximum Gasteiger partial charge on any atom is 0.131 e. The monoisotopic (exact) mass is 204 g/mol. The highest BCUT2D eigenvalue weighted by Crippen LogP contribution is 2.20. The van der Waals surface area contributed by atoms with Gasteiger partial charge < -0.3 is 11.1 Å². The lowest BCUT2D eigenvalue weighted by Gasteiger charge is -2.05. The first-order valence-electron chi connectivity index (χ1n) is 5.34. The van der Waals surface area contributed by atoms with E-state index in [-0.39, 0.29) is 0 Å². The van der Waals surface area contributed by atoms with E-state index in [1.54, 1.807) is 11.6 Å². The van der Waals surface area contributed by atoms with Gasteiger partial charge in [0.15, 0.2) is 0 Å². The van der Waals surface area contributed by atoms with Gasteiger partial charge in [-0.15, -0.1) is 0 Å². The molecule has 0 atom stereocenters. The number of aromatic nitrogens is 2. The topological polar surface area (TPSA) is 63.8 Å². The van der Waals surface area contributed by atoms with Crippen molar-refractivity contribution < 1.29 is 0 Å². The first kappa shape index (κ1) is 9.96. The predicted octanol–water partition coefficient (Wildman–Crippen LogP) is 1.97. The van der Waals surface area contributed by atoms with Crippen LogP contribution in [0.25, 0.3) is 0 Å². The van der Waals surface area contributed by atoms with E-state index in [9.17, 15) is 0 Å². The number of nitrogens with two attached hydrogens (primary N) is 1. The van der Waals surface area contributed by atoms with E-state index >= 15 is 0 Å². The summed E-state index contributed by atoms with van der Waals surface area (Å²) in [6.07, 6.45) is 8.74. The Morgan fingerprint density at radius 2 is 2.33 bits per heavy atom. The van der Waals surface area contributed by atoms with Crippen molar-refractivity contribution in [3.8, 4) is 0 Å². The molecule has 15 heavy (non-hydrogen) atoms. The van der Waals surface area contributed by atoms with E-state index in [4.69, 9.17) is 5.73 Å². The summed E-state index contributed by atoms with van der Waals surface area (Å²) in [5.74, 6) is 1.31. The fourth-order valence-electron chi connectivity index (χ4n) is 1.78. The standard InChI is InChI=1S/C11H16N4/c12-10-7-11(15-8-14-10)13-6-5-9-3-1-2-4-9/h3,7-8H,1-2,4-6H2,(H3,12,13,14,15). The van der Waals surface area contributed by atoms with Gasteiger partial charge in [-0.3, -0.25) is 0 Å². The van der Waals surface area contributed by atoms with Gasteiger partial charge in [-0.05, 0) is 25.7 Å². The second-order valence-electron chi connectivity index (χ2n) is 3.76. The number of nitrogens with one attached hydrogen (secondary N) is 1. The first-order valence-corrected chi connectivity index (χ1v) is 5.34. The Hall–Kier alpha value is -1.58. The highest BCUT2D eigenvalue weighted by Gasteiger charge is 2.03. The summed E-state index contributed by atoms with van der Waals surface area (Å²) in [4.78, 5) is 7.92. The zero-order chi connectivity index (χ0) is 10.5. The van der Waals surface area contributed by atoms with Crippen molar-refractivity contribution in [2.75, 3.05) is 17.6 Å². The average molecular weight is 204 g/mol. The van der Waals surface area contributed by atoms with Gasteiger partial charge in [0.05, 0.1) is 0 Å². The van der Waals surface area contributed by atoms with E-state index in [1.807, 2.05) is 0 Å². The molecule has 1 aliphatic carbocycles. The summed E-state index contributed by atoms with van der Waals surface area (Å²) >= 11 is 0. The lowest BCUT2D eigenvalue weighted by atomic mass is 10.2. The summed E-state index contributed by atoms with van der Waals surface area (Å²) in [5.41, 5.74) is 7.11. The number of nitrogen functional groups attached to an aromatic ring is 1. The normalized spacial score (nSPS) is 15.1. The third-order valence-electron chi connectivity index (χ3n) is 2.58. The van der Waals surface area contributed by atoms with Crippen molar-refractivity contribution in [3.63, 3.8) is 0 Å². The zero-order valence-corrected chi connectivity index (χ0v) is 8.74. The molecule has 0 aromatic carbocycles. The van der Waals surface area contributed by atoms with Crippen molar-refractivity contribution >= 4 is 11.6 Å². The smallest absolute Gasteiger partial charge is 0.131 e. The van der Waals surface area contributed by atoms with Crippen LogP contribution in [-0.2, 0) is 0 Å². The molecule has 0 bridgehead atoms. The Kier molecular flexibility index (Phi) is 3.17. The molecule has 0 spiro atoms. The third-order valence-corrected chi connectivity index (χ3v) is 2.58. The largest absolute Gasteiger partial charge is 0.384 e. The number of hydrogen-bond acceptors (Lipinski definition) is 4. The molecule has 0 unspecified atom stereocenters. The van der Waals surface area contributed by atoms with Crippen molar-refractivity contribution in [3.05, 3.63) is 24.0 Å². The van der Waals surface area contributed by atoms with Crippen LogP contribution in [-0.4, -0.2) is 16.5 Å². The van der Waals surface area contributed by atoms with Crippen LogP contribution in [0.4, 0.5) is 11.6 Å². The van der Waals surface area contributed by atoms with Gasteiger partial charge in [0.1, 0.15) is 18.0 Å². The molecule has 1 aromatic rings. The number of hydrogen-bond donors (Lipinski definition) is 2. The van der Waals surface area contributed by atoms with Crippen LogP contribution in [0.2, 0.25) is 0 Å². The summed E-state index contributed by atoms with van der Waals surface area (Å²) in [6, 6.07) is 1.75. The molecule has 0 saturated heterocycles. The van der Waals surface area contributed by atoms with Crippen LogP contribution in [0, 0.1) is 0 Å². The van der Waals surface area contributed by atoms with Gasteiger partial charge in [-0.2, -0.15) is 0 Å². The van der Waals surface area contributed by atoms with E-state index in [0.717, 1.165) is 18.8 Å². The maximum atomic E-state index is 5.55. The predicted molar refractivity (Wildman–Crippen MR) is 61.5 cm³/mol. The first-order chi connectivity index (χ1) is 7.34. The molecule has 1 aromatic heterocycles. The van der Waals surface area contributed by atoms with Gasteiger partial charge in [-0.25, -0.2) is 9.97 Å². The molecular formula is C11H16N4. The van der Waals surface area contributed by atoms with E-state index in [1.165, 1.54) is 25.6 Å². The lowest BCUT2D eigenvalue weighted by Crippen LogP contribution is -2.05. The van der Waals surface area contributed by atoms with Crippen LogP contribution in [0.1, 0.15) is 25.7 Å². The minimum absolute atomic E-state index is 0.507. The van der Waals surface area contributed by atoms with Gasteiger partial charge in [0.25, 0.3) is 0 Å². The second kappa shape index (κ2) is 4.77. The second-order valence-corrected chi connectivity index (χ2v) is 3.76. The summed E-state index contributed by atoms with van der Waals surface area (Å²) < 4.78 is 0. The molecule has 80 valence electrons. The summed E-state index contributed by atoms with van der Waals surface area (Å²) in [7, 11) is 0. The zero-order valence-electron chi connectivity index (χ0n) is 8.74. The fourth-order valence-corrected chi connectivity index (χ4v) is 1.78. The fraction of sp³-hybridized carbons (Fsp3) is 0.455. The molecule has 0 radical (unpaired) electrons. The van der Waals surface area contributed by atoms with Crippen molar-refractivity contribution in [2.45, 2.75) is 25.7 Å². The van der Waals surface area contributed by atoms with E-state index in [0.29, 0.717) is 5.82 Å². The Bertz CT molecular complexity index is 359. The Morgan fingerprint density at radius 3 is 3.07 bits per heavy atom. The SMILES string of the molecule is Nc1cc(NCCC2=CCCC2)ncn1. The van der Waals surface area contributed by atoms with Crippen molar-refractivity contribution in [1.82, 2.24) is 9.97 Å². The van der Waals surface area contributed by atoms with Crippen LogP contribution in [0.3, 0.4) is 0 Å². The van der Waals surface area contributed by atoms with Crippen LogP contribution >= 0.6 is 0 Å². The van der Waals surface area contributed by atoms with Crippen LogP contribution in [0.5, 0.6) is 0 Å². The Labute approximate surface area is 89.6 Å². The molecule has 4 nitrogen and oxygen atoms in total. The molecular weight excluding hydrogens is 188 g/mol. The Morgan fingerprint density at radius 1 is 1.40 bits per heavy atom. The molecule has 0 amide bonds. The Balaban J connectivity index is 1.78. The average Bonchev–Trinajstić information content (AvgIpc) is 2.71. The molecule has 1 aliphatic rings. The number of anilines is 2. The molecule has 2 rings (SSSR count). The van der Waals surface area contributed by atoms with Gasteiger partial charge in [0, 0.05) is 12.6 Å².